The first-order chi connectivity index (χ1) is 7.71. The Morgan fingerprint density at radius 2 is 2.06 bits per heavy atom. The van der Waals surface area contributed by atoms with Gasteiger partial charge in [-0.2, -0.15) is 0 Å². The van der Waals surface area contributed by atoms with Gasteiger partial charge >= 0.3 is 0 Å². The Morgan fingerprint density at radius 1 is 1.44 bits per heavy atom. The van der Waals surface area contributed by atoms with E-state index >= 15 is 0 Å². The maximum atomic E-state index is 11.6. The molecular weight excluding hydrogens is 206 g/mol. The molecule has 1 aliphatic carbocycles. The lowest BCUT2D eigenvalue weighted by Crippen LogP contribution is -2.43. The van der Waals surface area contributed by atoms with Gasteiger partial charge in [0.15, 0.2) is 0 Å². The zero-order valence-corrected chi connectivity index (χ0v) is 9.99. The molecule has 4 N–H and O–H groups in total. The molecule has 0 unspecified atom stereocenters. The van der Waals surface area contributed by atoms with Crippen LogP contribution in [0.1, 0.15) is 26.7 Å². The van der Waals surface area contributed by atoms with E-state index in [-0.39, 0.29) is 12.5 Å². The summed E-state index contributed by atoms with van der Waals surface area (Å²) in [5.41, 5.74) is 2.47. The van der Waals surface area contributed by atoms with Crippen molar-refractivity contribution in [1.29, 1.82) is 0 Å². The number of likely N-dealkylation sites (N-methyl/N-ethyl adjacent to an activating group) is 1. The van der Waals surface area contributed by atoms with Crippen LogP contribution in [0.2, 0.25) is 0 Å². The topological polar surface area (TPSA) is 82.8 Å². The van der Waals surface area contributed by atoms with Gasteiger partial charge in [0.2, 0.25) is 11.9 Å². The molecular formula is C10H21N5O. The summed E-state index contributed by atoms with van der Waals surface area (Å²) >= 11 is 0. The highest BCUT2D eigenvalue weighted by Crippen LogP contribution is 2.18. The number of carbonyl (C=O) groups excluding carboxylic acids is 1. The van der Waals surface area contributed by atoms with Crippen LogP contribution < -0.4 is 16.6 Å². The fourth-order valence-electron chi connectivity index (χ4n) is 1.38. The van der Waals surface area contributed by atoms with E-state index in [1.807, 2.05) is 13.8 Å². The number of hydrogen-bond acceptors (Lipinski definition) is 3. The normalized spacial score (nSPS) is 15.8. The number of carbonyl (C=O) groups is 1. The lowest BCUT2D eigenvalue weighted by Gasteiger charge is -2.17. The molecule has 0 aromatic carbocycles. The van der Waals surface area contributed by atoms with Crippen LogP contribution in [0.15, 0.2) is 4.99 Å². The molecule has 1 saturated carbocycles. The van der Waals surface area contributed by atoms with Gasteiger partial charge in [-0.05, 0) is 26.7 Å². The number of nitrogens with zero attached hydrogens (tertiary/aromatic N) is 2. The van der Waals surface area contributed by atoms with Crippen molar-refractivity contribution in [2.45, 2.75) is 32.7 Å². The summed E-state index contributed by atoms with van der Waals surface area (Å²) in [4.78, 5) is 17.5. The Morgan fingerprint density at radius 3 is 2.50 bits per heavy atom. The number of hydrogen-bond donors (Lipinski definition) is 3. The summed E-state index contributed by atoms with van der Waals surface area (Å²) in [5.74, 6) is 5.83. The number of nitrogens with two attached hydrogens (primary N) is 1. The minimum absolute atomic E-state index is 0.0235. The van der Waals surface area contributed by atoms with E-state index in [4.69, 9.17) is 5.84 Å². The van der Waals surface area contributed by atoms with Gasteiger partial charge in [0, 0.05) is 19.1 Å². The summed E-state index contributed by atoms with van der Waals surface area (Å²) < 4.78 is 0. The minimum atomic E-state index is 0.0235. The van der Waals surface area contributed by atoms with Gasteiger partial charge in [-0.3, -0.25) is 10.2 Å². The van der Waals surface area contributed by atoms with E-state index in [1.54, 1.807) is 4.90 Å². The van der Waals surface area contributed by atoms with E-state index in [0.29, 0.717) is 25.1 Å². The van der Waals surface area contributed by atoms with Crippen LogP contribution in [0.25, 0.3) is 0 Å². The Labute approximate surface area is 96.2 Å². The molecule has 0 bridgehead atoms. The van der Waals surface area contributed by atoms with Crippen LogP contribution in [-0.2, 0) is 4.79 Å². The van der Waals surface area contributed by atoms with Gasteiger partial charge in [-0.1, -0.05) is 0 Å². The predicted octanol–water partition coefficient (Wildman–Crippen LogP) is -0.574. The van der Waals surface area contributed by atoms with E-state index < -0.39 is 0 Å². The van der Waals surface area contributed by atoms with Crippen molar-refractivity contribution in [1.82, 2.24) is 15.6 Å². The molecule has 1 rings (SSSR count). The maximum absolute atomic E-state index is 11.6. The number of rotatable bonds is 5. The van der Waals surface area contributed by atoms with Crippen molar-refractivity contribution in [3.8, 4) is 0 Å². The fourth-order valence-corrected chi connectivity index (χ4v) is 1.38. The number of hydrazine groups is 1. The first kappa shape index (κ1) is 12.8. The molecule has 0 aromatic heterocycles. The van der Waals surface area contributed by atoms with Gasteiger partial charge in [0.1, 0.15) is 6.54 Å². The first-order valence-corrected chi connectivity index (χ1v) is 5.76. The van der Waals surface area contributed by atoms with Gasteiger partial charge in [-0.15, -0.1) is 0 Å². The zero-order valence-electron chi connectivity index (χ0n) is 9.99. The van der Waals surface area contributed by atoms with Crippen molar-refractivity contribution in [3.05, 3.63) is 0 Å². The largest absolute Gasteiger partial charge is 0.353 e. The molecule has 0 aromatic rings. The van der Waals surface area contributed by atoms with Crippen LogP contribution in [-0.4, -0.2) is 42.4 Å². The number of amides is 1. The smallest absolute Gasteiger partial charge is 0.244 e. The quantitative estimate of drug-likeness (QED) is 0.254. The van der Waals surface area contributed by atoms with Crippen LogP contribution >= 0.6 is 0 Å². The molecule has 0 atom stereocenters. The summed E-state index contributed by atoms with van der Waals surface area (Å²) in [7, 11) is 0. The van der Waals surface area contributed by atoms with Gasteiger partial charge in [-0.25, -0.2) is 10.8 Å². The van der Waals surface area contributed by atoms with Crippen molar-refractivity contribution < 1.29 is 4.79 Å². The second kappa shape index (κ2) is 6.32. The standard InChI is InChI=1S/C10H21N5O/c1-3-15(4-2)9(16)7-12-10(14-11)13-8-5-6-8/h8H,3-7,11H2,1-2H3,(H2,12,13,14). The van der Waals surface area contributed by atoms with Crippen molar-refractivity contribution >= 4 is 11.9 Å². The minimum Gasteiger partial charge on any atom is -0.353 e. The van der Waals surface area contributed by atoms with Crippen molar-refractivity contribution in [3.63, 3.8) is 0 Å². The molecule has 0 heterocycles. The number of aliphatic imine (C=N–C) groups is 1. The van der Waals surface area contributed by atoms with E-state index in [0.717, 1.165) is 12.8 Å². The summed E-state index contributed by atoms with van der Waals surface area (Å²) in [6, 6.07) is 0.471. The Kier molecular flexibility index (Phi) is 5.04. The van der Waals surface area contributed by atoms with E-state index in [1.165, 1.54) is 0 Å². The van der Waals surface area contributed by atoms with Crippen molar-refractivity contribution in [2.24, 2.45) is 10.8 Å². The third kappa shape index (κ3) is 4.06. The van der Waals surface area contributed by atoms with Crippen molar-refractivity contribution in [2.75, 3.05) is 19.6 Å². The molecule has 1 fully saturated rings. The Balaban J connectivity index is 2.38. The third-order valence-electron chi connectivity index (χ3n) is 2.54. The number of guanidine groups is 1. The third-order valence-corrected chi connectivity index (χ3v) is 2.54. The highest BCUT2D eigenvalue weighted by Gasteiger charge is 2.22. The molecule has 6 nitrogen and oxygen atoms in total. The first-order valence-electron chi connectivity index (χ1n) is 5.76. The molecule has 0 spiro atoms. The Hall–Kier alpha value is -1.30. The van der Waals surface area contributed by atoms with Gasteiger partial charge in [0.05, 0.1) is 0 Å². The SMILES string of the molecule is CCN(CC)C(=O)CN=C(NN)NC1CC1. The predicted molar refractivity (Wildman–Crippen MR) is 63.7 cm³/mol. The van der Waals surface area contributed by atoms with Crippen LogP contribution in [0, 0.1) is 0 Å². The Bertz CT molecular complexity index is 258. The number of nitrogens with one attached hydrogen (secondary N) is 2. The maximum Gasteiger partial charge on any atom is 0.244 e. The zero-order chi connectivity index (χ0) is 12.0. The second-order valence-electron chi connectivity index (χ2n) is 3.79. The summed E-state index contributed by atoms with van der Waals surface area (Å²) in [5, 5.41) is 3.11. The van der Waals surface area contributed by atoms with Crippen LogP contribution in [0.5, 0.6) is 0 Å². The average molecular weight is 227 g/mol. The molecule has 0 saturated heterocycles. The van der Waals surface area contributed by atoms with Gasteiger partial charge in [0.25, 0.3) is 0 Å². The molecule has 0 aliphatic heterocycles. The summed E-state index contributed by atoms with van der Waals surface area (Å²) in [6.07, 6.45) is 2.29. The second-order valence-corrected chi connectivity index (χ2v) is 3.79. The highest BCUT2D eigenvalue weighted by molar-refractivity contribution is 5.84. The van der Waals surface area contributed by atoms with Crippen LogP contribution in [0.4, 0.5) is 0 Å². The lowest BCUT2D eigenvalue weighted by atomic mass is 10.4. The molecule has 92 valence electrons. The fraction of sp³-hybridized carbons (Fsp3) is 0.800. The van der Waals surface area contributed by atoms with E-state index in [2.05, 4.69) is 15.7 Å². The molecule has 1 amide bonds. The lowest BCUT2D eigenvalue weighted by molar-refractivity contribution is -0.129. The average Bonchev–Trinajstić information content (AvgIpc) is 3.09. The molecule has 0 radical (unpaired) electrons. The van der Waals surface area contributed by atoms with Crippen LogP contribution in [0.3, 0.4) is 0 Å². The highest BCUT2D eigenvalue weighted by atomic mass is 16.2. The van der Waals surface area contributed by atoms with Gasteiger partial charge < -0.3 is 10.2 Å². The summed E-state index contributed by atoms with van der Waals surface area (Å²) in [6.45, 7) is 5.48. The van der Waals surface area contributed by atoms with E-state index in [9.17, 15) is 4.79 Å². The molecule has 1 aliphatic rings. The molecule has 16 heavy (non-hydrogen) atoms. The molecule has 6 heteroatoms. The monoisotopic (exact) mass is 227 g/mol.